The predicted molar refractivity (Wildman–Crippen MR) is 106 cm³/mol. The van der Waals surface area contributed by atoms with Crippen LogP contribution in [-0.2, 0) is 14.8 Å². The predicted octanol–water partition coefficient (Wildman–Crippen LogP) is 2.83. The standard InChI is InChI=1S/C18H26N4O3S2/c1-12(2)16(18(23)19-13-8-5-3-4-6-9-13)22-27(24,25)15-11-7-10-14-17(15)21-26-20-14/h7,10-13,16,22H,3-6,8-9H2,1-2H3,(H,19,23)/t16-/m1/s1. The number of nitrogens with zero attached hydrogens (tertiary/aromatic N) is 2. The number of carbonyl (C=O) groups is 1. The van der Waals surface area contributed by atoms with Crippen LogP contribution < -0.4 is 10.0 Å². The summed E-state index contributed by atoms with van der Waals surface area (Å²) in [7, 11) is -3.90. The van der Waals surface area contributed by atoms with Crippen molar-refractivity contribution in [2.45, 2.75) is 69.4 Å². The third-order valence-electron chi connectivity index (χ3n) is 4.97. The van der Waals surface area contributed by atoms with Crippen molar-refractivity contribution in [1.29, 1.82) is 0 Å². The molecule has 1 aliphatic rings. The zero-order valence-corrected chi connectivity index (χ0v) is 17.3. The molecule has 1 heterocycles. The zero-order chi connectivity index (χ0) is 19.4. The maximum absolute atomic E-state index is 13.0. The van der Waals surface area contributed by atoms with Crippen LogP contribution in [0, 0.1) is 5.92 Å². The van der Waals surface area contributed by atoms with E-state index >= 15 is 0 Å². The Bertz CT molecular complexity index is 887. The average molecular weight is 411 g/mol. The Morgan fingerprint density at radius 1 is 1.15 bits per heavy atom. The van der Waals surface area contributed by atoms with Gasteiger partial charge in [-0.25, -0.2) is 8.42 Å². The van der Waals surface area contributed by atoms with Gasteiger partial charge in [-0.1, -0.05) is 45.6 Å². The third kappa shape index (κ3) is 4.83. The van der Waals surface area contributed by atoms with E-state index in [0.717, 1.165) is 37.4 Å². The number of amides is 1. The SMILES string of the molecule is CC(C)[C@@H](NS(=O)(=O)c1cccc2nsnc12)C(=O)NC1CCCCCC1. The molecule has 0 radical (unpaired) electrons. The summed E-state index contributed by atoms with van der Waals surface area (Å²) in [5.74, 6) is -0.442. The molecule has 1 aliphatic carbocycles. The van der Waals surface area contributed by atoms with Gasteiger partial charge in [0.05, 0.1) is 11.7 Å². The third-order valence-corrected chi connectivity index (χ3v) is 6.99. The van der Waals surface area contributed by atoms with E-state index in [4.69, 9.17) is 0 Å². The van der Waals surface area contributed by atoms with Crippen molar-refractivity contribution in [1.82, 2.24) is 18.8 Å². The first-order valence-electron chi connectivity index (χ1n) is 9.42. The molecule has 0 saturated heterocycles. The first-order chi connectivity index (χ1) is 12.9. The van der Waals surface area contributed by atoms with E-state index in [9.17, 15) is 13.2 Å². The molecule has 0 bridgehead atoms. The minimum absolute atomic E-state index is 0.0571. The number of sulfonamides is 1. The lowest BCUT2D eigenvalue weighted by atomic mass is 10.0. The number of hydrogen-bond acceptors (Lipinski definition) is 6. The van der Waals surface area contributed by atoms with E-state index in [1.807, 2.05) is 13.8 Å². The molecular formula is C18H26N4O3S2. The molecule has 0 unspecified atom stereocenters. The Labute approximate surface area is 164 Å². The first kappa shape index (κ1) is 20.2. The molecule has 1 atom stereocenters. The number of fused-ring (bicyclic) bond motifs is 1. The maximum Gasteiger partial charge on any atom is 0.243 e. The minimum Gasteiger partial charge on any atom is -0.352 e. The Hall–Kier alpha value is -1.58. The molecule has 148 valence electrons. The molecule has 1 fully saturated rings. The van der Waals surface area contributed by atoms with Crippen LogP contribution in [0.2, 0.25) is 0 Å². The van der Waals surface area contributed by atoms with E-state index in [2.05, 4.69) is 18.8 Å². The summed E-state index contributed by atoms with van der Waals surface area (Å²) in [6.45, 7) is 3.68. The average Bonchev–Trinajstić information content (AvgIpc) is 2.96. The first-order valence-corrected chi connectivity index (χ1v) is 11.6. The second-order valence-electron chi connectivity index (χ2n) is 7.43. The molecule has 2 N–H and O–H groups in total. The zero-order valence-electron chi connectivity index (χ0n) is 15.6. The van der Waals surface area contributed by atoms with E-state index in [0.29, 0.717) is 11.0 Å². The van der Waals surface area contributed by atoms with Crippen LogP contribution in [0.1, 0.15) is 52.4 Å². The van der Waals surface area contributed by atoms with Gasteiger partial charge in [0.2, 0.25) is 15.9 Å². The van der Waals surface area contributed by atoms with Crippen molar-refractivity contribution in [3.63, 3.8) is 0 Å². The molecule has 27 heavy (non-hydrogen) atoms. The van der Waals surface area contributed by atoms with Crippen LogP contribution in [-0.4, -0.2) is 35.2 Å². The highest BCUT2D eigenvalue weighted by molar-refractivity contribution is 7.89. The van der Waals surface area contributed by atoms with E-state index in [1.165, 1.54) is 18.9 Å². The summed E-state index contributed by atoms with van der Waals surface area (Å²) >= 11 is 0.968. The van der Waals surface area contributed by atoms with E-state index in [-0.39, 0.29) is 22.8 Å². The van der Waals surface area contributed by atoms with Crippen molar-refractivity contribution in [2.75, 3.05) is 0 Å². The summed E-state index contributed by atoms with van der Waals surface area (Å²) in [6.07, 6.45) is 6.49. The van der Waals surface area contributed by atoms with Gasteiger partial charge in [0.1, 0.15) is 22.0 Å². The van der Waals surface area contributed by atoms with Crippen molar-refractivity contribution >= 4 is 38.7 Å². The number of hydrogen-bond donors (Lipinski definition) is 2. The largest absolute Gasteiger partial charge is 0.352 e. The van der Waals surface area contributed by atoms with Crippen molar-refractivity contribution < 1.29 is 13.2 Å². The molecule has 1 amide bonds. The molecule has 1 saturated carbocycles. The van der Waals surface area contributed by atoms with Gasteiger partial charge < -0.3 is 5.32 Å². The normalized spacial score (nSPS) is 17.7. The van der Waals surface area contributed by atoms with Crippen LogP contribution in [0.25, 0.3) is 11.0 Å². The fraction of sp³-hybridized carbons (Fsp3) is 0.611. The second kappa shape index (κ2) is 8.62. The minimum atomic E-state index is -3.90. The Morgan fingerprint density at radius 2 is 1.85 bits per heavy atom. The van der Waals surface area contributed by atoms with Crippen LogP contribution in [0.3, 0.4) is 0 Å². The summed E-state index contributed by atoms with van der Waals surface area (Å²) in [4.78, 5) is 12.9. The molecular weight excluding hydrogens is 384 g/mol. The van der Waals surface area contributed by atoms with E-state index in [1.54, 1.807) is 12.1 Å². The van der Waals surface area contributed by atoms with Crippen LogP contribution in [0.5, 0.6) is 0 Å². The highest BCUT2D eigenvalue weighted by Crippen LogP contribution is 2.22. The molecule has 2 aromatic rings. The fourth-order valence-corrected chi connectivity index (χ4v) is 5.55. The molecule has 7 nitrogen and oxygen atoms in total. The van der Waals surface area contributed by atoms with Crippen LogP contribution in [0.4, 0.5) is 0 Å². The van der Waals surface area contributed by atoms with E-state index < -0.39 is 16.1 Å². The Balaban J connectivity index is 1.78. The van der Waals surface area contributed by atoms with Crippen molar-refractivity contribution in [3.8, 4) is 0 Å². The van der Waals surface area contributed by atoms with Gasteiger partial charge in [0.25, 0.3) is 0 Å². The number of aromatic nitrogens is 2. The molecule has 0 spiro atoms. The van der Waals surface area contributed by atoms with Gasteiger partial charge in [-0.15, -0.1) is 0 Å². The quantitative estimate of drug-likeness (QED) is 0.713. The summed E-state index contributed by atoms with van der Waals surface area (Å²) in [5.41, 5.74) is 0.869. The van der Waals surface area contributed by atoms with Gasteiger partial charge >= 0.3 is 0 Å². The molecule has 3 rings (SSSR count). The van der Waals surface area contributed by atoms with Gasteiger partial charge in [-0.05, 0) is 30.9 Å². The lowest BCUT2D eigenvalue weighted by molar-refractivity contribution is -0.124. The van der Waals surface area contributed by atoms with Crippen molar-refractivity contribution in [3.05, 3.63) is 18.2 Å². The maximum atomic E-state index is 13.0. The monoisotopic (exact) mass is 410 g/mol. The number of rotatable bonds is 6. The van der Waals surface area contributed by atoms with Crippen LogP contribution >= 0.6 is 11.7 Å². The number of nitrogens with one attached hydrogen (secondary N) is 2. The molecule has 1 aromatic carbocycles. The molecule has 0 aliphatic heterocycles. The summed E-state index contributed by atoms with van der Waals surface area (Å²) in [5, 5.41) is 3.05. The van der Waals surface area contributed by atoms with Gasteiger partial charge in [0.15, 0.2) is 0 Å². The lowest BCUT2D eigenvalue weighted by Crippen LogP contribution is -2.52. The molecule has 1 aromatic heterocycles. The number of carbonyl (C=O) groups excluding carboxylic acids is 1. The fourth-order valence-electron chi connectivity index (χ4n) is 3.44. The van der Waals surface area contributed by atoms with Gasteiger partial charge in [0, 0.05) is 6.04 Å². The van der Waals surface area contributed by atoms with Gasteiger partial charge in [-0.2, -0.15) is 13.5 Å². The Kier molecular flexibility index (Phi) is 6.44. The highest BCUT2D eigenvalue weighted by atomic mass is 32.2. The summed E-state index contributed by atoms with van der Waals surface area (Å²) in [6, 6.07) is 4.13. The highest BCUT2D eigenvalue weighted by Gasteiger charge is 2.31. The second-order valence-corrected chi connectivity index (χ2v) is 9.64. The lowest BCUT2D eigenvalue weighted by Gasteiger charge is -2.25. The molecule has 9 heteroatoms. The smallest absolute Gasteiger partial charge is 0.243 e. The van der Waals surface area contributed by atoms with Crippen LogP contribution in [0.15, 0.2) is 23.1 Å². The summed E-state index contributed by atoms with van der Waals surface area (Å²) < 4.78 is 36.7. The number of benzene rings is 1. The topological polar surface area (TPSA) is 101 Å². The van der Waals surface area contributed by atoms with Crippen molar-refractivity contribution in [2.24, 2.45) is 5.92 Å². The Morgan fingerprint density at radius 3 is 2.52 bits per heavy atom. The van der Waals surface area contributed by atoms with Gasteiger partial charge in [-0.3, -0.25) is 4.79 Å².